The lowest BCUT2D eigenvalue weighted by Gasteiger charge is -2.40. The minimum absolute atomic E-state index is 0.152. The second-order valence-corrected chi connectivity index (χ2v) is 5.65. The largest absolute Gasteiger partial charge is 0.272 e. The van der Waals surface area contributed by atoms with E-state index >= 15 is 0 Å². The molecule has 2 aromatic carbocycles. The standard InChI is InChI=1S/C18H18FNO2/c19-16-9-7-15(8-10-16)18(11-4-12-18)17(21)20-22-13-14-5-2-1-3-6-14/h1-3,5-10H,4,11-13H2,(H,20,21). The topological polar surface area (TPSA) is 38.3 Å². The second-order valence-electron chi connectivity index (χ2n) is 5.65. The van der Waals surface area contributed by atoms with Gasteiger partial charge in [-0.2, -0.15) is 0 Å². The molecule has 0 aliphatic heterocycles. The van der Waals surface area contributed by atoms with Crippen LogP contribution >= 0.6 is 0 Å². The van der Waals surface area contributed by atoms with Crippen LogP contribution in [0.15, 0.2) is 54.6 Å². The molecule has 1 aliphatic carbocycles. The van der Waals surface area contributed by atoms with Crippen LogP contribution in [0, 0.1) is 5.82 Å². The third kappa shape index (κ3) is 2.88. The fraction of sp³-hybridized carbons (Fsp3) is 0.278. The molecule has 0 bridgehead atoms. The maximum atomic E-state index is 13.1. The van der Waals surface area contributed by atoms with E-state index in [0.717, 1.165) is 30.4 Å². The van der Waals surface area contributed by atoms with Crippen LogP contribution in [0.1, 0.15) is 30.4 Å². The number of rotatable bonds is 5. The van der Waals surface area contributed by atoms with Crippen LogP contribution in [0.5, 0.6) is 0 Å². The van der Waals surface area contributed by atoms with Crippen molar-refractivity contribution in [3.63, 3.8) is 0 Å². The van der Waals surface area contributed by atoms with Crippen molar-refractivity contribution in [1.29, 1.82) is 0 Å². The van der Waals surface area contributed by atoms with E-state index < -0.39 is 5.41 Å². The smallest absolute Gasteiger partial charge is 0.254 e. The van der Waals surface area contributed by atoms with E-state index in [1.165, 1.54) is 12.1 Å². The summed E-state index contributed by atoms with van der Waals surface area (Å²) in [6.45, 7) is 0.325. The zero-order valence-electron chi connectivity index (χ0n) is 12.2. The molecule has 0 unspecified atom stereocenters. The number of benzene rings is 2. The molecule has 4 heteroatoms. The molecule has 1 saturated carbocycles. The molecule has 1 amide bonds. The van der Waals surface area contributed by atoms with Gasteiger partial charge < -0.3 is 0 Å². The molecule has 2 aromatic rings. The van der Waals surface area contributed by atoms with Crippen molar-refractivity contribution >= 4 is 5.91 Å². The normalized spacial score (nSPS) is 15.9. The highest BCUT2D eigenvalue weighted by molar-refractivity contribution is 5.88. The molecule has 114 valence electrons. The first-order valence-electron chi connectivity index (χ1n) is 7.43. The summed E-state index contributed by atoms with van der Waals surface area (Å²) in [6.07, 6.45) is 2.52. The highest BCUT2D eigenvalue weighted by Crippen LogP contribution is 2.44. The molecular weight excluding hydrogens is 281 g/mol. The third-order valence-corrected chi connectivity index (χ3v) is 4.29. The van der Waals surface area contributed by atoms with E-state index in [4.69, 9.17) is 4.84 Å². The number of hydrogen-bond acceptors (Lipinski definition) is 2. The first kappa shape index (κ1) is 14.7. The molecule has 3 rings (SSSR count). The van der Waals surface area contributed by atoms with E-state index in [1.54, 1.807) is 12.1 Å². The van der Waals surface area contributed by atoms with Crippen LogP contribution < -0.4 is 5.48 Å². The van der Waals surface area contributed by atoms with Gasteiger partial charge in [-0.1, -0.05) is 48.9 Å². The fourth-order valence-corrected chi connectivity index (χ4v) is 2.80. The Balaban J connectivity index is 1.63. The van der Waals surface area contributed by atoms with Crippen LogP contribution in [0.4, 0.5) is 4.39 Å². The number of hydroxylamine groups is 1. The van der Waals surface area contributed by atoms with Crippen molar-refractivity contribution in [1.82, 2.24) is 5.48 Å². The Morgan fingerprint density at radius 1 is 1.09 bits per heavy atom. The van der Waals surface area contributed by atoms with Gasteiger partial charge in [-0.15, -0.1) is 0 Å². The summed E-state index contributed by atoms with van der Waals surface area (Å²) in [5.41, 5.74) is 3.82. The molecule has 3 nitrogen and oxygen atoms in total. The van der Waals surface area contributed by atoms with Gasteiger partial charge in [0.15, 0.2) is 0 Å². The van der Waals surface area contributed by atoms with Gasteiger partial charge in [0, 0.05) is 0 Å². The minimum Gasteiger partial charge on any atom is -0.272 e. The highest BCUT2D eigenvalue weighted by atomic mass is 19.1. The van der Waals surface area contributed by atoms with Crippen molar-refractivity contribution in [2.75, 3.05) is 0 Å². The average molecular weight is 299 g/mol. The number of nitrogens with one attached hydrogen (secondary N) is 1. The fourth-order valence-electron chi connectivity index (χ4n) is 2.80. The van der Waals surface area contributed by atoms with Gasteiger partial charge in [-0.25, -0.2) is 9.87 Å². The van der Waals surface area contributed by atoms with Gasteiger partial charge in [-0.3, -0.25) is 9.63 Å². The summed E-state index contributed by atoms with van der Waals surface area (Å²) in [7, 11) is 0. The molecule has 1 aliphatic rings. The summed E-state index contributed by atoms with van der Waals surface area (Å²) in [5, 5.41) is 0. The van der Waals surface area contributed by atoms with Crippen molar-refractivity contribution in [2.24, 2.45) is 0 Å². The van der Waals surface area contributed by atoms with Crippen molar-refractivity contribution < 1.29 is 14.0 Å². The van der Waals surface area contributed by atoms with E-state index in [9.17, 15) is 9.18 Å². The summed E-state index contributed by atoms with van der Waals surface area (Å²) in [5.74, 6) is -0.444. The van der Waals surface area contributed by atoms with E-state index in [2.05, 4.69) is 5.48 Å². The van der Waals surface area contributed by atoms with Gasteiger partial charge >= 0.3 is 0 Å². The molecule has 0 aromatic heterocycles. The van der Waals surface area contributed by atoms with E-state index in [-0.39, 0.29) is 11.7 Å². The van der Waals surface area contributed by atoms with Crippen molar-refractivity contribution in [3.8, 4) is 0 Å². The molecule has 0 atom stereocenters. The van der Waals surface area contributed by atoms with Crippen LogP contribution in [0.2, 0.25) is 0 Å². The Hall–Kier alpha value is -2.20. The lowest BCUT2D eigenvalue weighted by atomic mass is 9.64. The van der Waals surface area contributed by atoms with Gasteiger partial charge in [-0.05, 0) is 36.1 Å². The Morgan fingerprint density at radius 2 is 1.77 bits per heavy atom. The SMILES string of the molecule is O=C(NOCc1ccccc1)C1(c2ccc(F)cc2)CCC1. The van der Waals surface area contributed by atoms with Crippen LogP contribution in [0.25, 0.3) is 0 Å². The van der Waals surface area contributed by atoms with E-state index in [0.29, 0.717) is 6.61 Å². The number of halogens is 1. The van der Waals surface area contributed by atoms with Gasteiger partial charge in [0.2, 0.25) is 0 Å². The average Bonchev–Trinajstić information content (AvgIpc) is 2.49. The van der Waals surface area contributed by atoms with Gasteiger partial charge in [0.05, 0.1) is 12.0 Å². The molecule has 0 saturated heterocycles. The minimum atomic E-state index is -0.579. The molecule has 0 radical (unpaired) electrons. The first-order valence-corrected chi connectivity index (χ1v) is 7.43. The number of carbonyl (C=O) groups excluding carboxylic acids is 1. The Morgan fingerprint density at radius 3 is 2.36 bits per heavy atom. The lowest BCUT2D eigenvalue weighted by Crippen LogP contribution is -2.49. The molecule has 0 spiro atoms. The summed E-state index contributed by atoms with van der Waals surface area (Å²) < 4.78 is 13.1. The summed E-state index contributed by atoms with van der Waals surface area (Å²) in [6, 6.07) is 15.8. The maximum absolute atomic E-state index is 13.1. The van der Waals surface area contributed by atoms with Crippen LogP contribution in [-0.4, -0.2) is 5.91 Å². The van der Waals surface area contributed by atoms with Gasteiger partial charge in [0.1, 0.15) is 5.82 Å². The number of hydrogen-bond donors (Lipinski definition) is 1. The monoisotopic (exact) mass is 299 g/mol. The Bertz CT molecular complexity index is 636. The molecule has 0 heterocycles. The quantitative estimate of drug-likeness (QED) is 0.858. The molecular formula is C18H18FNO2. The second kappa shape index (κ2) is 6.28. The van der Waals surface area contributed by atoms with E-state index in [1.807, 2.05) is 30.3 Å². The molecule has 22 heavy (non-hydrogen) atoms. The molecule has 1 N–H and O–H groups in total. The number of carbonyl (C=O) groups is 1. The zero-order chi connectivity index (χ0) is 15.4. The van der Waals surface area contributed by atoms with Gasteiger partial charge in [0.25, 0.3) is 5.91 Å². The molecule has 1 fully saturated rings. The highest BCUT2D eigenvalue weighted by Gasteiger charge is 2.45. The van der Waals surface area contributed by atoms with Crippen molar-refractivity contribution in [2.45, 2.75) is 31.3 Å². The van der Waals surface area contributed by atoms with Crippen molar-refractivity contribution in [3.05, 3.63) is 71.5 Å². The third-order valence-electron chi connectivity index (χ3n) is 4.29. The lowest BCUT2D eigenvalue weighted by molar-refractivity contribution is -0.144. The first-order chi connectivity index (χ1) is 10.7. The predicted molar refractivity (Wildman–Crippen MR) is 81.3 cm³/mol. The Labute approximate surface area is 129 Å². The zero-order valence-corrected chi connectivity index (χ0v) is 12.2. The summed E-state index contributed by atoms with van der Waals surface area (Å²) in [4.78, 5) is 17.8. The van der Waals surface area contributed by atoms with Crippen LogP contribution in [0.3, 0.4) is 0 Å². The van der Waals surface area contributed by atoms with Crippen LogP contribution in [-0.2, 0) is 21.7 Å². The number of amides is 1. The summed E-state index contributed by atoms with van der Waals surface area (Å²) >= 11 is 0. The predicted octanol–water partition coefficient (Wildman–Crippen LogP) is 3.50. The maximum Gasteiger partial charge on any atom is 0.254 e. The Kier molecular flexibility index (Phi) is 4.20.